The molecule has 0 spiro atoms. The number of benzene rings is 2. The van der Waals surface area contributed by atoms with Gasteiger partial charge in [-0.05, 0) is 42.2 Å². The van der Waals surface area contributed by atoms with Gasteiger partial charge < -0.3 is 10.2 Å². The second kappa shape index (κ2) is 9.34. The van der Waals surface area contributed by atoms with Crippen molar-refractivity contribution >= 4 is 35.0 Å². The van der Waals surface area contributed by atoms with Crippen molar-refractivity contribution in [2.24, 2.45) is 0 Å². The van der Waals surface area contributed by atoms with Crippen molar-refractivity contribution in [2.45, 2.75) is 37.8 Å². The summed E-state index contributed by atoms with van der Waals surface area (Å²) in [5, 5.41) is 11.8. The number of hydrogen-bond acceptors (Lipinski definition) is 5. The molecule has 1 aromatic heterocycles. The monoisotopic (exact) mass is 435 g/mol. The Kier molecular flexibility index (Phi) is 6.36. The fourth-order valence-corrected chi connectivity index (χ4v) is 4.28. The molecule has 2 amide bonds. The first-order valence-corrected chi connectivity index (χ1v) is 11.3. The zero-order chi connectivity index (χ0) is 21.8. The van der Waals surface area contributed by atoms with Gasteiger partial charge in [0.2, 0.25) is 11.8 Å². The van der Waals surface area contributed by atoms with Gasteiger partial charge in [-0.25, -0.2) is 0 Å². The zero-order valence-electron chi connectivity index (χ0n) is 17.6. The molecule has 4 rings (SSSR count). The number of nitrogens with zero attached hydrogens (tertiary/aromatic N) is 4. The van der Waals surface area contributed by atoms with Gasteiger partial charge in [-0.3, -0.25) is 14.2 Å². The average Bonchev–Trinajstić information content (AvgIpc) is 3.41. The van der Waals surface area contributed by atoms with Crippen LogP contribution >= 0.6 is 11.8 Å². The molecule has 2 heterocycles. The number of carbonyl (C=O) groups is 2. The van der Waals surface area contributed by atoms with Gasteiger partial charge in [0.05, 0.1) is 17.1 Å². The van der Waals surface area contributed by atoms with Gasteiger partial charge in [-0.2, -0.15) is 0 Å². The van der Waals surface area contributed by atoms with E-state index in [2.05, 4.69) is 41.5 Å². The lowest BCUT2D eigenvalue weighted by Crippen LogP contribution is -2.26. The van der Waals surface area contributed by atoms with Gasteiger partial charge in [0.15, 0.2) is 5.16 Å². The Labute approximate surface area is 185 Å². The van der Waals surface area contributed by atoms with Crippen LogP contribution in [0.15, 0.2) is 60.0 Å². The number of rotatable bonds is 7. The van der Waals surface area contributed by atoms with Gasteiger partial charge in [-0.1, -0.05) is 49.9 Å². The fourth-order valence-electron chi connectivity index (χ4n) is 3.55. The fraction of sp³-hybridized carbons (Fsp3) is 0.304. The average molecular weight is 436 g/mol. The summed E-state index contributed by atoms with van der Waals surface area (Å²) in [4.78, 5) is 26.5. The molecule has 1 aliphatic heterocycles. The third kappa shape index (κ3) is 4.80. The molecule has 0 saturated carbocycles. The standard InChI is InChI=1S/C23H25N5O2S/c1-16(2)17-9-11-18(12-10-17)28-15-24-26-23(28)31-14-21(29)25-19-6-3-4-7-20(19)27-13-5-8-22(27)30/h3-4,6-7,9-12,15-16H,5,8,13-14H2,1-2H3,(H,25,29). The van der Waals surface area contributed by atoms with E-state index < -0.39 is 0 Å². The van der Waals surface area contributed by atoms with Crippen LogP contribution in [0, 0.1) is 0 Å². The van der Waals surface area contributed by atoms with Crippen molar-refractivity contribution in [3.63, 3.8) is 0 Å². The summed E-state index contributed by atoms with van der Waals surface area (Å²) < 4.78 is 1.87. The summed E-state index contributed by atoms with van der Waals surface area (Å²) in [6.45, 7) is 5.00. The number of nitrogens with one attached hydrogen (secondary N) is 1. The summed E-state index contributed by atoms with van der Waals surface area (Å²) >= 11 is 1.32. The summed E-state index contributed by atoms with van der Waals surface area (Å²) in [6, 6.07) is 15.7. The molecule has 1 saturated heterocycles. The lowest BCUT2D eigenvalue weighted by atomic mass is 10.0. The van der Waals surface area contributed by atoms with Crippen LogP contribution < -0.4 is 10.2 Å². The van der Waals surface area contributed by atoms with E-state index in [1.54, 1.807) is 11.2 Å². The quantitative estimate of drug-likeness (QED) is 0.561. The first-order valence-electron chi connectivity index (χ1n) is 10.4. The van der Waals surface area contributed by atoms with Gasteiger partial charge in [0.1, 0.15) is 6.33 Å². The van der Waals surface area contributed by atoms with Crippen LogP contribution in [0.3, 0.4) is 0 Å². The number of carbonyl (C=O) groups excluding carboxylic acids is 2. The minimum Gasteiger partial charge on any atom is -0.324 e. The highest BCUT2D eigenvalue weighted by Gasteiger charge is 2.24. The number of anilines is 2. The van der Waals surface area contributed by atoms with Crippen LogP contribution in [-0.4, -0.2) is 38.9 Å². The predicted molar refractivity (Wildman–Crippen MR) is 123 cm³/mol. The topological polar surface area (TPSA) is 80.1 Å². The predicted octanol–water partition coefficient (Wildman–Crippen LogP) is 4.25. The van der Waals surface area contributed by atoms with E-state index in [9.17, 15) is 9.59 Å². The first kappa shape index (κ1) is 21.1. The van der Waals surface area contributed by atoms with Crippen LogP contribution in [0.5, 0.6) is 0 Å². The van der Waals surface area contributed by atoms with E-state index in [0.29, 0.717) is 29.7 Å². The number of hydrogen-bond donors (Lipinski definition) is 1. The van der Waals surface area contributed by atoms with Gasteiger partial charge in [0.25, 0.3) is 0 Å². The molecule has 0 atom stereocenters. The molecular weight excluding hydrogens is 410 g/mol. The van der Waals surface area contributed by atoms with Crippen LogP contribution in [0.2, 0.25) is 0 Å². The minimum absolute atomic E-state index is 0.0904. The maximum absolute atomic E-state index is 12.6. The molecule has 1 aliphatic rings. The molecule has 2 aromatic carbocycles. The van der Waals surface area contributed by atoms with Crippen molar-refractivity contribution in [3.8, 4) is 5.69 Å². The Morgan fingerprint density at radius 2 is 1.94 bits per heavy atom. The van der Waals surface area contributed by atoms with Crippen molar-refractivity contribution in [2.75, 3.05) is 22.5 Å². The Morgan fingerprint density at radius 1 is 1.16 bits per heavy atom. The summed E-state index contributed by atoms with van der Waals surface area (Å²) in [7, 11) is 0. The smallest absolute Gasteiger partial charge is 0.234 e. The Bertz CT molecular complexity index is 1080. The van der Waals surface area contributed by atoms with Gasteiger partial charge in [-0.15, -0.1) is 10.2 Å². The highest BCUT2D eigenvalue weighted by molar-refractivity contribution is 7.99. The third-order valence-corrected chi connectivity index (χ3v) is 6.17. The van der Waals surface area contributed by atoms with Crippen molar-refractivity contribution < 1.29 is 9.59 Å². The van der Waals surface area contributed by atoms with Crippen LogP contribution in [0.25, 0.3) is 5.69 Å². The Morgan fingerprint density at radius 3 is 2.65 bits per heavy atom. The molecule has 0 aliphatic carbocycles. The molecule has 160 valence electrons. The molecule has 31 heavy (non-hydrogen) atoms. The zero-order valence-corrected chi connectivity index (χ0v) is 18.4. The minimum atomic E-state index is -0.159. The second-order valence-electron chi connectivity index (χ2n) is 7.73. The maximum atomic E-state index is 12.6. The first-order chi connectivity index (χ1) is 15.0. The molecular formula is C23H25N5O2S. The van der Waals surface area contributed by atoms with Crippen molar-refractivity contribution in [1.82, 2.24) is 14.8 Å². The third-order valence-electron chi connectivity index (χ3n) is 5.23. The van der Waals surface area contributed by atoms with Crippen LogP contribution in [0.4, 0.5) is 11.4 Å². The Balaban J connectivity index is 1.42. The molecule has 3 aromatic rings. The lowest BCUT2D eigenvalue weighted by Gasteiger charge is -2.19. The van der Waals surface area contributed by atoms with E-state index in [1.807, 2.05) is 41.0 Å². The highest BCUT2D eigenvalue weighted by atomic mass is 32.2. The summed E-state index contributed by atoms with van der Waals surface area (Å²) in [5.74, 6) is 0.582. The summed E-state index contributed by atoms with van der Waals surface area (Å²) in [5.41, 5.74) is 3.61. The second-order valence-corrected chi connectivity index (χ2v) is 8.68. The normalized spacial score (nSPS) is 13.8. The number of amides is 2. The number of para-hydroxylation sites is 2. The molecule has 0 bridgehead atoms. The van der Waals surface area contributed by atoms with Crippen LogP contribution in [0.1, 0.15) is 38.2 Å². The molecule has 8 heteroatoms. The van der Waals surface area contributed by atoms with E-state index in [1.165, 1.54) is 17.3 Å². The molecule has 1 fully saturated rings. The maximum Gasteiger partial charge on any atom is 0.234 e. The lowest BCUT2D eigenvalue weighted by molar-refractivity contribution is -0.117. The number of aromatic nitrogens is 3. The van der Waals surface area contributed by atoms with E-state index >= 15 is 0 Å². The van der Waals surface area contributed by atoms with E-state index in [4.69, 9.17) is 0 Å². The Hall–Kier alpha value is -3.13. The van der Waals surface area contributed by atoms with Crippen molar-refractivity contribution in [3.05, 3.63) is 60.4 Å². The largest absolute Gasteiger partial charge is 0.324 e. The molecule has 0 unspecified atom stereocenters. The van der Waals surface area contributed by atoms with Gasteiger partial charge >= 0.3 is 0 Å². The van der Waals surface area contributed by atoms with Gasteiger partial charge in [0, 0.05) is 18.7 Å². The highest BCUT2D eigenvalue weighted by Crippen LogP contribution is 2.30. The molecule has 1 N–H and O–H groups in total. The van der Waals surface area contributed by atoms with E-state index in [0.717, 1.165) is 17.8 Å². The van der Waals surface area contributed by atoms with Crippen molar-refractivity contribution in [1.29, 1.82) is 0 Å². The molecule has 7 nitrogen and oxygen atoms in total. The summed E-state index contributed by atoms with van der Waals surface area (Å²) in [6.07, 6.45) is 3.04. The SMILES string of the molecule is CC(C)c1ccc(-n2cnnc2SCC(=O)Nc2ccccc2N2CCCC2=O)cc1. The van der Waals surface area contributed by atoms with Crippen LogP contribution in [-0.2, 0) is 9.59 Å². The number of thioether (sulfide) groups is 1. The molecule has 0 radical (unpaired) electrons. The van der Waals surface area contributed by atoms with E-state index in [-0.39, 0.29) is 17.6 Å².